The van der Waals surface area contributed by atoms with Crippen molar-refractivity contribution >= 4 is 27.8 Å². The summed E-state index contributed by atoms with van der Waals surface area (Å²) < 4.78 is 30.7. The molecule has 0 bridgehead atoms. The molecule has 7 nitrogen and oxygen atoms in total. The van der Waals surface area contributed by atoms with Crippen LogP contribution in [0.2, 0.25) is 0 Å². The molecule has 4 aromatic rings. The van der Waals surface area contributed by atoms with E-state index in [-0.39, 0.29) is 4.90 Å². The fourth-order valence-electron chi connectivity index (χ4n) is 4.63. The second-order valence-corrected chi connectivity index (χ2v) is 11.4. The molecule has 8 heteroatoms. The summed E-state index contributed by atoms with van der Waals surface area (Å²) in [5.41, 5.74) is 9.90. The van der Waals surface area contributed by atoms with E-state index in [1.165, 1.54) is 0 Å². The second kappa shape index (κ2) is 11.7. The fraction of sp³-hybridized carbons (Fsp3) is 0.226. The van der Waals surface area contributed by atoms with Crippen LogP contribution in [0.15, 0.2) is 88.9 Å². The largest absolute Gasteiger partial charge is 0.318 e. The Kier molecular flexibility index (Phi) is 8.35. The Labute approximate surface area is 230 Å². The van der Waals surface area contributed by atoms with Crippen molar-refractivity contribution in [3.63, 3.8) is 0 Å². The summed E-state index contributed by atoms with van der Waals surface area (Å²) in [5.74, 6) is -0.541. The van der Waals surface area contributed by atoms with Gasteiger partial charge in [-0.15, -0.1) is 0 Å². The van der Waals surface area contributed by atoms with Crippen molar-refractivity contribution in [3.05, 3.63) is 113 Å². The van der Waals surface area contributed by atoms with E-state index in [9.17, 15) is 13.2 Å². The van der Waals surface area contributed by atoms with Crippen LogP contribution >= 0.6 is 0 Å². The summed E-state index contributed by atoms with van der Waals surface area (Å²) in [6.07, 6.45) is 2.21. The maximum atomic E-state index is 13.7. The molecule has 0 aliphatic carbocycles. The van der Waals surface area contributed by atoms with Crippen molar-refractivity contribution in [2.75, 3.05) is 10.8 Å². The van der Waals surface area contributed by atoms with Crippen molar-refractivity contribution in [3.8, 4) is 5.69 Å². The van der Waals surface area contributed by atoms with E-state index >= 15 is 0 Å². The molecular weight excluding hydrogens is 508 g/mol. The predicted octanol–water partition coefficient (Wildman–Crippen LogP) is 5.62. The highest BCUT2D eigenvalue weighted by molar-refractivity contribution is 7.92. The number of sulfonamides is 1. The standard InChI is InChI=1S/C31H34N4O3S/c1-6-26-12-8-10-14-30(26)34(39(37,38)28-17-15-22(2)16-18-28)21-31(36)33-32-20-27-19-24(4)35(25(27)5)29-13-9-7-11-23(29)3/h7-20H,6,21H2,1-5H3,(H,33,36)/b32-20-. The molecule has 0 radical (unpaired) electrons. The van der Waals surface area contributed by atoms with Gasteiger partial charge in [-0.05, 0) is 75.6 Å². The Hall–Kier alpha value is -4.17. The van der Waals surface area contributed by atoms with Gasteiger partial charge < -0.3 is 4.57 Å². The minimum atomic E-state index is -4.00. The Balaban J connectivity index is 1.59. The lowest BCUT2D eigenvalue weighted by Gasteiger charge is -2.25. The summed E-state index contributed by atoms with van der Waals surface area (Å²) in [6.45, 7) is 9.52. The van der Waals surface area contributed by atoms with E-state index in [1.54, 1.807) is 42.6 Å². The van der Waals surface area contributed by atoms with E-state index in [0.717, 1.165) is 43.6 Å². The average Bonchev–Trinajstić information content (AvgIpc) is 3.20. The molecule has 202 valence electrons. The SMILES string of the molecule is CCc1ccccc1N(CC(=O)N/N=C\c1cc(C)n(-c2ccccc2C)c1C)S(=O)(=O)c1ccc(C)cc1. The van der Waals surface area contributed by atoms with E-state index < -0.39 is 22.5 Å². The Morgan fingerprint density at radius 3 is 2.31 bits per heavy atom. The van der Waals surface area contributed by atoms with Gasteiger partial charge in [0.1, 0.15) is 6.54 Å². The van der Waals surface area contributed by atoms with E-state index in [0.29, 0.717) is 12.1 Å². The molecule has 39 heavy (non-hydrogen) atoms. The summed E-state index contributed by atoms with van der Waals surface area (Å²) >= 11 is 0. The molecule has 0 saturated heterocycles. The smallest absolute Gasteiger partial charge is 0.264 e. The minimum absolute atomic E-state index is 0.124. The number of carbonyl (C=O) groups excluding carboxylic acids is 1. The topological polar surface area (TPSA) is 83.8 Å². The Morgan fingerprint density at radius 2 is 1.62 bits per heavy atom. The third kappa shape index (κ3) is 5.96. The van der Waals surface area contributed by atoms with Gasteiger partial charge in [0, 0.05) is 22.6 Å². The first-order chi connectivity index (χ1) is 18.6. The Morgan fingerprint density at radius 1 is 0.949 bits per heavy atom. The van der Waals surface area contributed by atoms with Gasteiger partial charge in [0.2, 0.25) is 0 Å². The monoisotopic (exact) mass is 542 g/mol. The van der Waals surface area contributed by atoms with E-state index in [2.05, 4.69) is 34.2 Å². The summed E-state index contributed by atoms with van der Waals surface area (Å²) in [7, 11) is -4.00. The number of anilines is 1. The molecule has 1 aromatic heterocycles. The number of para-hydroxylation sites is 2. The zero-order valence-corrected chi connectivity index (χ0v) is 23.8. The number of hydrogen-bond acceptors (Lipinski definition) is 4. The number of nitrogens with one attached hydrogen (secondary N) is 1. The third-order valence-electron chi connectivity index (χ3n) is 6.76. The van der Waals surface area contributed by atoms with Crippen LogP contribution in [0.25, 0.3) is 5.69 Å². The Bertz CT molecular complexity index is 1620. The molecule has 0 unspecified atom stereocenters. The molecule has 4 rings (SSSR count). The van der Waals surface area contributed by atoms with Gasteiger partial charge >= 0.3 is 0 Å². The van der Waals surface area contributed by atoms with Crippen molar-refractivity contribution in [2.24, 2.45) is 5.10 Å². The average molecular weight is 543 g/mol. The molecule has 1 heterocycles. The first-order valence-electron chi connectivity index (χ1n) is 12.9. The van der Waals surface area contributed by atoms with Crippen LogP contribution in [0.4, 0.5) is 5.69 Å². The highest BCUT2D eigenvalue weighted by atomic mass is 32.2. The van der Waals surface area contributed by atoms with Gasteiger partial charge in [-0.3, -0.25) is 9.10 Å². The van der Waals surface area contributed by atoms with Gasteiger partial charge in [0.05, 0.1) is 16.8 Å². The molecule has 0 atom stereocenters. The van der Waals surface area contributed by atoms with Gasteiger partial charge in [-0.25, -0.2) is 13.8 Å². The van der Waals surface area contributed by atoms with Gasteiger partial charge in [0.15, 0.2) is 0 Å². The summed E-state index contributed by atoms with van der Waals surface area (Å²) in [4.78, 5) is 13.2. The number of benzene rings is 3. The highest BCUT2D eigenvalue weighted by Crippen LogP contribution is 2.28. The van der Waals surface area contributed by atoms with Crippen LogP contribution in [-0.2, 0) is 21.2 Å². The van der Waals surface area contributed by atoms with Crippen LogP contribution in [0.1, 0.15) is 40.6 Å². The highest BCUT2D eigenvalue weighted by Gasteiger charge is 2.28. The molecule has 0 aliphatic heterocycles. The molecule has 1 amide bonds. The number of hydrogen-bond donors (Lipinski definition) is 1. The maximum absolute atomic E-state index is 13.7. The second-order valence-electron chi connectivity index (χ2n) is 9.55. The molecule has 0 aliphatic rings. The van der Waals surface area contributed by atoms with Crippen molar-refractivity contribution in [2.45, 2.75) is 45.9 Å². The number of carbonyl (C=O) groups is 1. The van der Waals surface area contributed by atoms with Gasteiger partial charge in [0.25, 0.3) is 15.9 Å². The van der Waals surface area contributed by atoms with Gasteiger partial charge in [-0.2, -0.15) is 5.10 Å². The number of rotatable bonds is 9. The van der Waals surface area contributed by atoms with Crippen LogP contribution in [0.3, 0.4) is 0 Å². The quantitative estimate of drug-likeness (QED) is 0.220. The van der Waals surface area contributed by atoms with E-state index in [4.69, 9.17) is 0 Å². The third-order valence-corrected chi connectivity index (χ3v) is 8.53. The maximum Gasteiger partial charge on any atom is 0.264 e. The molecular formula is C31H34N4O3S. The minimum Gasteiger partial charge on any atom is -0.318 e. The number of amides is 1. The normalized spacial score (nSPS) is 11.6. The van der Waals surface area contributed by atoms with Crippen LogP contribution < -0.4 is 9.73 Å². The molecule has 1 N–H and O–H groups in total. The van der Waals surface area contributed by atoms with E-state index in [1.807, 2.05) is 58.0 Å². The first kappa shape index (κ1) is 27.9. The summed E-state index contributed by atoms with van der Waals surface area (Å²) in [5, 5.41) is 4.17. The lowest BCUT2D eigenvalue weighted by Crippen LogP contribution is -2.40. The van der Waals surface area contributed by atoms with Crippen molar-refractivity contribution in [1.29, 1.82) is 0 Å². The number of aromatic nitrogens is 1. The van der Waals surface area contributed by atoms with Crippen molar-refractivity contribution < 1.29 is 13.2 Å². The van der Waals surface area contributed by atoms with Crippen molar-refractivity contribution in [1.82, 2.24) is 9.99 Å². The lowest BCUT2D eigenvalue weighted by atomic mass is 10.1. The number of nitrogens with zero attached hydrogens (tertiary/aromatic N) is 3. The first-order valence-corrected chi connectivity index (χ1v) is 14.3. The molecule has 0 fully saturated rings. The van der Waals surface area contributed by atoms with Crippen LogP contribution in [0.5, 0.6) is 0 Å². The predicted molar refractivity (Wildman–Crippen MR) is 157 cm³/mol. The van der Waals surface area contributed by atoms with Gasteiger partial charge in [-0.1, -0.05) is 61.0 Å². The zero-order chi connectivity index (χ0) is 28.2. The van der Waals surface area contributed by atoms with Crippen LogP contribution in [-0.4, -0.2) is 31.7 Å². The molecule has 0 saturated carbocycles. The van der Waals surface area contributed by atoms with Crippen LogP contribution in [0, 0.1) is 27.7 Å². The fourth-order valence-corrected chi connectivity index (χ4v) is 6.09. The lowest BCUT2D eigenvalue weighted by molar-refractivity contribution is -0.119. The molecule has 3 aromatic carbocycles. The number of hydrazone groups is 1. The summed E-state index contributed by atoms with van der Waals surface area (Å²) in [6, 6.07) is 24.0. The zero-order valence-electron chi connectivity index (χ0n) is 23.0. The number of aryl methyl sites for hydroxylation is 4. The molecule has 0 spiro atoms.